The van der Waals surface area contributed by atoms with Crippen molar-refractivity contribution in [1.82, 2.24) is 5.32 Å². The second-order valence-corrected chi connectivity index (χ2v) is 11.4. The average molecular weight is 568 g/mol. The van der Waals surface area contributed by atoms with Crippen molar-refractivity contribution < 1.29 is 32.2 Å². The second-order valence-electron chi connectivity index (χ2n) is 9.46. The van der Waals surface area contributed by atoms with Crippen LogP contribution in [-0.4, -0.2) is 53.2 Å². The fourth-order valence-electron chi connectivity index (χ4n) is 4.26. The SMILES string of the molecule is CNC(=O)Oc1c(-c2ccc(Nc3ccc(C(C)C)cc3)cc2)oc2cc(N(CCO)S(C)(=O)=O)c(OC)cc12. The van der Waals surface area contributed by atoms with E-state index in [0.29, 0.717) is 16.9 Å². The number of nitrogens with zero attached hydrogens (tertiary/aromatic N) is 1. The Morgan fingerprint density at radius 2 is 1.68 bits per heavy atom. The molecule has 0 aliphatic rings. The fraction of sp³-hybridized carbons (Fsp3) is 0.276. The normalized spacial score (nSPS) is 11.5. The number of ether oxygens (including phenoxy) is 2. The highest BCUT2D eigenvalue weighted by Gasteiger charge is 2.26. The molecule has 3 N–H and O–H groups in total. The Labute approximate surface area is 233 Å². The molecule has 1 aromatic heterocycles. The molecule has 0 aliphatic heterocycles. The van der Waals surface area contributed by atoms with E-state index in [0.717, 1.165) is 21.9 Å². The van der Waals surface area contributed by atoms with E-state index in [4.69, 9.17) is 13.9 Å². The number of rotatable bonds is 10. The Balaban J connectivity index is 1.76. The summed E-state index contributed by atoms with van der Waals surface area (Å²) in [6.07, 6.45) is 0.335. The standard InChI is InChI=1S/C29H33N3O7S/c1-18(2)19-6-10-21(11-7-19)31-22-12-8-20(9-13-22)27-28(39-29(34)30-3)23-16-26(37-4)24(17-25(23)38-27)32(14-15-33)40(5,35)36/h6-13,16-18,31,33H,14-15H2,1-5H3,(H,30,34). The van der Waals surface area contributed by atoms with E-state index in [9.17, 15) is 18.3 Å². The number of amides is 1. The maximum absolute atomic E-state index is 12.5. The molecule has 11 heteroatoms. The third kappa shape index (κ3) is 6.16. The topological polar surface area (TPSA) is 130 Å². The van der Waals surface area contributed by atoms with Gasteiger partial charge in [-0.2, -0.15) is 0 Å². The van der Waals surface area contributed by atoms with Crippen molar-refractivity contribution >= 4 is 44.1 Å². The first-order valence-electron chi connectivity index (χ1n) is 12.7. The molecule has 10 nitrogen and oxygen atoms in total. The molecule has 4 rings (SSSR count). The Hall–Kier alpha value is -4.22. The summed E-state index contributed by atoms with van der Waals surface area (Å²) in [6.45, 7) is 3.72. The van der Waals surface area contributed by atoms with Crippen LogP contribution in [0.1, 0.15) is 25.3 Å². The van der Waals surface area contributed by atoms with Gasteiger partial charge in [0.05, 0.1) is 37.6 Å². The van der Waals surface area contributed by atoms with E-state index in [1.807, 2.05) is 36.4 Å². The molecule has 40 heavy (non-hydrogen) atoms. The number of nitrogens with one attached hydrogen (secondary N) is 2. The zero-order chi connectivity index (χ0) is 29.0. The van der Waals surface area contributed by atoms with Crippen LogP contribution in [0.3, 0.4) is 0 Å². The number of anilines is 3. The third-order valence-corrected chi connectivity index (χ3v) is 7.51. The number of aliphatic hydroxyl groups excluding tert-OH is 1. The van der Waals surface area contributed by atoms with Crippen molar-refractivity contribution in [2.45, 2.75) is 19.8 Å². The Bertz CT molecular complexity index is 1600. The molecule has 212 valence electrons. The van der Waals surface area contributed by atoms with Crippen LogP contribution in [0.2, 0.25) is 0 Å². The van der Waals surface area contributed by atoms with E-state index < -0.39 is 22.7 Å². The van der Waals surface area contributed by atoms with Crippen molar-refractivity contribution in [2.24, 2.45) is 0 Å². The molecule has 0 radical (unpaired) electrons. The van der Waals surface area contributed by atoms with Gasteiger partial charge in [-0.05, 0) is 53.9 Å². The predicted molar refractivity (Wildman–Crippen MR) is 156 cm³/mol. The number of carbonyl (C=O) groups is 1. The predicted octanol–water partition coefficient (Wildman–Crippen LogP) is 5.45. The average Bonchev–Trinajstić information content (AvgIpc) is 3.27. The zero-order valence-electron chi connectivity index (χ0n) is 23.0. The summed E-state index contributed by atoms with van der Waals surface area (Å²) in [6, 6.07) is 18.7. The van der Waals surface area contributed by atoms with Crippen LogP contribution in [0.5, 0.6) is 11.5 Å². The Morgan fingerprint density at radius 3 is 2.20 bits per heavy atom. The fourth-order valence-corrected chi connectivity index (χ4v) is 5.18. The highest BCUT2D eigenvalue weighted by atomic mass is 32.2. The minimum absolute atomic E-state index is 0.150. The van der Waals surface area contributed by atoms with E-state index in [1.165, 1.54) is 25.8 Å². The maximum Gasteiger partial charge on any atom is 0.412 e. The summed E-state index contributed by atoms with van der Waals surface area (Å²) >= 11 is 0. The van der Waals surface area contributed by atoms with E-state index in [1.54, 1.807) is 6.07 Å². The smallest absolute Gasteiger partial charge is 0.412 e. The highest BCUT2D eigenvalue weighted by Crippen LogP contribution is 2.45. The molecular formula is C29H33N3O7S. The Kier molecular flexibility index (Phi) is 8.55. The van der Waals surface area contributed by atoms with Crippen molar-refractivity contribution in [1.29, 1.82) is 0 Å². The van der Waals surface area contributed by atoms with Crippen LogP contribution in [0.4, 0.5) is 21.9 Å². The maximum atomic E-state index is 12.5. The first-order chi connectivity index (χ1) is 19.0. The van der Waals surface area contributed by atoms with Crippen LogP contribution >= 0.6 is 0 Å². The molecule has 4 aromatic rings. The van der Waals surface area contributed by atoms with Gasteiger partial charge >= 0.3 is 6.09 Å². The van der Waals surface area contributed by atoms with Crippen LogP contribution in [0, 0.1) is 0 Å². The summed E-state index contributed by atoms with van der Waals surface area (Å²) in [5, 5.41) is 15.7. The van der Waals surface area contributed by atoms with Crippen molar-refractivity contribution in [3.05, 3.63) is 66.2 Å². The zero-order valence-corrected chi connectivity index (χ0v) is 23.8. The van der Waals surface area contributed by atoms with Crippen LogP contribution in [-0.2, 0) is 10.0 Å². The van der Waals surface area contributed by atoms with Gasteiger partial charge in [0.15, 0.2) is 11.5 Å². The molecule has 0 bridgehead atoms. The minimum Gasteiger partial charge on any atom is -0.495 e. The highest BCUT2D eigenvalue weighted by molar-refractivity contribution is 7.92. The summed E-state index contributed by atoms with van der Waals surface area (Å²) < 4.78 is 43.1. The summed E-state index contributed by atoms with van der Waals surface area (Å²) in [7, 11) is -0.912. The lowest BCUT2D eigenvalue weighted by Gasteiger charge is -2.23. The molecule has 0 saturated carbocycles. The number of methoxy groups -OCH3 is 1. The molecule has 1 amide bonds. The van der Waals surface area contributed by atoms with Crippen molar-refractivity contribution in [2.75, 3.05) is 43.2 Å². The van der Waals surface area contributed by atoms with E-state index in [2.05, 4.69) is 36.6 Å². The van der Waals surface area contributed by atoms with Crippen LogP contribution in [0.15, 0.2) is 65.1 Å². The third-order valence-electron chi connectivity index (χ3n) is 6.33. The van der Waals surface area contributed by atoms with Gasteiger partial charge in [0.25, 0.3) is 0 Å². The number of sulfonamides is 1. The second kappa shape index (κ2) is 11.9. The van der Waals surface area contributed by atoms with E-state index >= 15 is 0 Å². The first-order valence-corrected chi connectivity index (χ1v) is 14.5. The molecule has 1 heterocycles. The first kappa shape index (κ1) is 28.8. The molecule has 0 atom stereocenters. The number of aliphatic hydroxyl groups is 1. The van der Waals surface area contributed by atoms with Gasteiger partial charge in [-0.25, -0.2) is 13.2 Å². The number of benzene rings is 3. The quantitative estimate of drug-likeness (QED) is 0.231. The molecule has 0 aliphatic carbocycles. The van der Waals surface area contributed by atoms with Crippen LogP contribution in [0.25, 0.3) is 22.3 Å². The van der Waals surface area contributed by atoms with Gasteiger partial charge in [0.1, 0.15) is 11.3 Å². The number of fused-ring (bicyclic) bond motifs is 1. The van der Waals surface area contributed by atoms with Gasteiger partial charge < -0.3 is 29.6 Å². The minimum atomic E-state index is -3.75. The summed E-state index contributed by atoms with van der Waals surface area (Å²) in [5.74, 6) is 1.07. The monoisotopic (exact) mass is 567 g/mol. The number of carbonyl (C=O) groups excluding carboxylic acids is 1. The van der Waals surface area contributed by atoms with Gasteiger partial charge in [-0.15, -0.1) is 0 Å². The van der Waals surface area contributed by atoms with Gasteiger partial charge in [-0.1, -0.05) is 26.0 Å². The van der Waals surface area contributed by atoms with Crippen molar-refractivity contribution in [3.63, 3.8) is 0 Å². The number of hydrogen-bond donors (Lipinski definition) is 3. The van der Waals surface area contributed by atoms with Gasteiger partial charge in [-0.3, -0.25) is 4.31 Å². The number of furan rings is 1. The lowest BCUT2D eigenvalue weighted by atomic mass is 10.0. The number of hydrogen-bond acceptors (Lipinski definition) is 8. The van der Waals surface area contributed by atoms with Crippen LogP contribution < -0.4 is 24.4 Å². The van der Waals surface area contributed by atoms with E-state index in [-0.39, 0.29) is 35.1 Å². The summed E-state index contributed by atoms with van der Waals surface area (Å²) in [5.41, 5.74) is 4.13. The molecule has 0 saturated heterocycles. The van der Waals surface area contributed by atoms with Gasteiger partial charge in [0, 0.05) is 30.1 Å². The largest absolute Gasteiger partial charge is 0.495 e. The lowest BCUT2D eigenvalue weighted by Crippen LogP contribution is -2.32. The molecule has 0 spiro atoms. The lowest BCUT2D eigenvalue weighted by molar-refractivity contribution is 0.203. The Morgan fingerprint density at radius 1 is 1.05 bits per heavy atom. The van der Waals surface area contributed by atoms with Gasteiger partial charge in [0.2, 0.25) is 10.0 Å². The molecule has 3 aromatic carbocycles. The molecular weight excluding hydrogens is 534 g/mol. The van der Waals surface area contributed by atoms with Crippen molar-refractivity contribution in [3.8, 4) is 22.8 Å². The molecule has 0 fully saturated rings. The summed E-state index contributed by atoms with van der Waals surface area (Å²) in [4.78, 5) is 12.2. The molecule has 0 unspecified atom stereocenters.